The number of likely N-dealkylation sites (N-methyl/N-ethyl adjacent to an activating group) is 1. The summed E-state index contributed by atoms with van der Waals surface area (Å²) >= 11 is 0. The van der Waals surface area contributed by atoms with Gasteiger partial charge in [0.15, 0.2) is 0 Å². The van der Waals surface area contributed by atoms with E-state index in [1.54, 1.807) is 7.11 Å². The van der Waals surface area contributed by atoms with Gasteiger partial charge in [-0.1, -0.05) is 30.7 Å². The van der Waals surface area contributed by atoms with Crippen molar-refractivity contribution in [2.75, 3.05) is 45.2 Å². The molecule has 2 aromatic carbocycles. The molecule has 1 aliphatic heterocycles. The maximum Gasteiger partial charge on any atom is 0.259 e. The van der Waals surface area contributed by atoms with E-state index in [1.807, 2.05) is 37.3 Å². The Hall–Kier alpha value is -2.37. The molecule has 27 heavy (non-hydrogen) atoms. The number of hydrogen-bond donors (Lipinski definition) is 1. The van der Waals surface area contributed by atoms with Gasteiger partial charge in [-0.15, -0.1) is 0 Å². The summed E-state index contributed by atoms with van der Waals surface area (Å²) in [6, 6.07) is 13.7. The molecule has 3 rings (SSSR count). The fourth-order valence-electron chi connectivity index (χ4n) is 3.41. The van der Waals surface area contributed by atoms with Crippen LogP contribution in [-0.4, -0.2) is 55.5 Å². The normalized spacial score (nSPS) is 15.5. The molecule has 0 radical (unpaired) electrons. The molecule has 1 aliphatic rings. The highest BCUT2D eigenvalue weighted by atomic mass is 16.5. The molecule has 1 fully saturated rings. The third-order valence-corrected chi connectivity index (χ3v) is 5.13. The van der Waals surface area contributed by atoms with E-state index in [2.05, 4.69) is 34.2 Å². The van der Waals surface area contributed by atoms with Crippen molar-refractivity contribution in [2.24, 2.45) is 0 Å². The summed E-state index contributed by atoms with van der Waals surface area (Å²) in [5.41, 5.74) is 3.64. The third-order valence-electron chi connectivity index (χ3n) is 5.13. The van der Waals surface area contributed by atoms with Gasteiger partial charge in [-0.05, 0) is 43.3 Å². The third kappa shape index (κ3) is 5.08. The van der Waals surface area contributed by atoms with Crippen molar-refractivity contribution >= 4 is 11.6 Å². The number of rotatable bonds is 6. The van der Waals surface area contributed by atoms with E-state index < -0.39 is 0 Å². The first-order valence-corrected chi connectivity index (χ1v) is 9.58. The Morgan fingerprint density at radius 3 is 2.33 bits per heavy atom. The van der Waals surface area contributed by atoms with Gasteiger partial charge in [0.25, 0.3) is 5.91 Å². The Kier molecular flexibility index (Phi) is 6.48. The minimum Gasteiger partial charge on any atom is -0.496 e. The minimum atomic E-state index is -0.154. The van der Waals surface area contributed by atoms with Crippen LogP contribution in [-0.2, 0) is 6.54 Å². The second-order valence-electron chi connectivity index (χ2n) is 7.07. The van der Waals surface area contributed by atoms with Crippen molar-refractivity contribution in [2.45, 2.75) is 20.4 Å². The molecular weight excluding hydrogens is 338 g/mol. The Bertz CT molecular complexity index is 766. The lowest BCUT2D eigenvalue weighted by molar-refractivity contribution is 0.102. The van der Waals surface area contributed by atoms with Crippen LogP contribution >= 0.6 is 0 Å². The summed E-state index contributed by atoms with van der Waals surface area (Å²) in [7, 11) is 1.58. The Labute approximate surface area is 161 Å². The number of aryl methyl sites for hydroxylation is 1. The topological polar surface area (TPSA) is 44.8 Å². The number of carbonyl (C=O) groups excluding carboxylic acids is 1. The molecule has 2 aromatic rings. The molecule has 0 bridgehead atoms. The van der Waals surface area contributed by atoms with E-state index in [9.17, 15) is 4.79 Å². The van der Waals surface area contributed by atoms with E-state index >= 15 is 0 Å². The van der Waals surface area contributed by atoms with Gasteiger partial charge in [0.1, 0.15) is 5.75 Å². The lowest BCUT2D eigenvalue weighted by Crippen LogP contribution is -2.45. The predicted molar refractivity (Wildman–Crippen MR) is 110 cm³/mol. The van der Waals surface area contributed by atoms with Crippen molar-refractivity contribution in [3.05, 3.63) is 59.2 Å². The molecule has 0 aliphatic carbocycles. The van der Waals surface area contributed by atoms with E-state index in [4.69, 9.17) is 4.74 Å². The molecule has 1 N–H and O–H groups in total. The Morgan fingerprint density at radius 2 is 1.70 bits per heavy atom. The number of hydrogen-bond acceptors (Lipinski definition) is 4. The van der Waals surface area contributed by atoms with Gasteiger partial charge in [0.2, 0.25) is 0 Å². The largest absolute Gasteiger partial charge is 0.496 e. The number of anilines is 1. The molecule has 0 unspecified atom stereocenters. The molecule has 144 valence electrons. The lowest BCUT2D eigenvalue weighted by atomic mass is 10.1. The van der Waals surface area contributed by atoms with Gasteiger partial charge in [-0.25, -0.2) is 0 Å². The first-order chi connectivity index (χ1) is 13.1. The summed E-state index contributed by atoms with van der Waals surface area (Å²) in [6.07, 6.45) is 0. The summed E-state index contributed by atoms with van der Waals surface area (Å²) in [4.78, 5) is 17.6. The maximum atomic E-state index is 12.6. The molecule has 1 saturated heterocycles. The number of nitrogens with one attached hydrogen (secondary N) is 1. The van der Waals surface area contributed by atoms with Crippen molar-refractivity contribution in [3.63, 3.8) is 0 Å². The van der Waals surface area contributed by atoms with E-state index in [0.717, 1.165) is 50.5 Å². The van der Waals surface area contributed by atoms with E-state index in [1.165, 1.54) is 5.56 Å². The number of methoxy groups -OCH3 is 1. The van der Waals surface area contributed by atoms with Crippen LogP contribution in [0.4, 0.5) is 5.69 Å². The molecule has 1 heterocycles. The highest BCUT2D eigenvalue weighted by Crippen LogP contribution is 2.21. The minimum absolute atomic E-state index is 0.154. The fourth-order valence-corrected chi connectivity index (χ4v) is 3.41. The Balaban J connectivity index is 1.59. The number of piperazine rings is 1. The molecule has 0 spiro atoms. The maximum absolute atomic E-state index is 12.6. The fraction of sp³-hybridized carbons (Fsp3) is 0.409. The van der Waals surface area contributed by atoms with Gasteiger partial charge in [-0.3, -0.25) is 9.69 Å². The molecular formula is C22H29N3O2. The highest BCUT2D eigenvalue weighted by molar-refractivity contribution is 6.06. The van der Waals surface area contributed by atoms with E-state index in [-0.39, 0.29) is 5.91 Å². The average Bonchev–Trinajstić information content (AvgIpc) is 2.70. The molecule has 5 nitrogen and oxygen atoms in total. The SMILES string of the molecule is CCN1CCN(Cc2ccc(NC(=O)c3cc(C)ccc3OC)cc2)CC1. The van der Waals surface area contributed by atoms with Gasteiger partial charge in [0.05, 0.1) is 12.7 Å². The van der Waals surface area contributed by atoms with Gasteiger partial charge >= 0.3 is 0 Å². The van der Waals surface area contributed by atoms with Gasteiger partial charge in [-0.2, -0.15) is 0 Å². The van der Waals surface area contributed by atoms with Crippen LogP contribution in [0.3, 0.4) is 0 Å². The molecule has 1 amide bonds. The lowest BCUT2D eigenvalue weighted by Gasteiger charge is -2.34. The number of benzene rings is 2. The Morgan fingerprint density at radius 1 is 1.04 bits per heavy atom. The van der Waals surface area contributed by atoms with Crippen LogP contribution in [0.2, 0.25) is 0 Å². The van der Waals surface area contributed by atoms with Crippen molar-refractivity contribution in [3.8, 4) is 5.75 Å². The van der Waals surface area contributed by atoms with E-state index in [0.29, 0.717) is 11.3 Å². The molecule has 5 heteroatoms. The van der Waals surface area contributed by atoms with Gasteiger partial charge in [0, 0.05) is 38.4 Å². The van der Waals surface area contributed by atoms with Crippen LogP contribution in [0.5, 0.6) is 5.75 Å². The van der Waals surface area contributed by atoms with Crippen LogP contribution in [0, 0.1) is 6.92 Å². The van der Waals surface area contributed by atoms with Crippen LogP contribution in [0.25, 0.3) is 0 Å². The van der Waals surface area contributed by atoms with Crippen LogP contribution < -0.4 is 10.1 Å². The number of ether oxygens (including phenoxy) is 1. The number of amides is 1. The smallest absolute Gasteiger partial charge is 0.259 e. The zero-order valence-electron chi connectivity index (χ0n) is 16.5. The molecule has 0 saturated carbocycles. The first-order valence-electron chi connectivity index (χ1n) is 9.58. The quantitative estimate of drug-likeness (QED) is 0.850. The highest BCUT2D eigenvalue weighted by Gasteiger charge is 2.16. The zero-order chi connectivity index (χ0) is 19.2. The van der Waals surface area contributed by atoms with Gasteiger partial charge < -0.3 is 15.0 Å². The predicted octanol–water partition coefficient (Wildman–Crippen LogP) is 3.39. The standard InChI is InChI=1S/C22H29N3O2/c1-4-24-11-13-25(14-12-24)16-18-6-8-19(9-7-18)23-22(26)20-15-17(2)5-10-21(20)27-3/h5-10,15H,4,11-14,16H2,1-3H3,(H,23,26). The van der Waals surface area contributed by atoms with Crippen molar-refractivity contribution in [1.29, 1.82) is 0 Å². The zero-order valence-corrected chi connectivity index (χ0v) is 16.5. The van der Waals surface area contributed by atoms with Crippen LogP contribution in [0.1, 0.15) is 28.4 Å². The number of carbonyl (C=O) groups is 1. The summed E-state index contributed by atoms with van der Waals surface area (Å²) < 4.78 is 5.31. The second-order valence-corrected chi connectivity index (χ2v) is 7.07. The average molecular weight is 367 g/mol. The summed E-state index contributed by atoms with van der Waals surface area (Å²) in [5, 5.41) is 2.97. The first kappa shape index (κ1) is 19.4. The molecule has 0 aromatic heterocycles. The van der Waals surface area contributed by atoms with Crippen molar-refractivity contribution < 1.29 is 9.53 Å². The molecule has 0 atom stereocenters. The summed E-state index contributed by atoms with van der Waals surface area (Å²) in [5.74, 6) is 0.430. The summed E-state index contributed by atoms with van der Waals surface area (Å²) in [6.45, 7) is 10.8. The number of nitrogens with zero attached hydrogens (tertiary/aromatic N) is 2. The van der Waals surface area contributed by atoms with Crippen LogP contribution in [0.15, 0.2) is 42.5 Å². The second kappa shape index (κ2) is 9.02. The van der Waals surface area contributed by atoms with Crippen molar-refractivity contribution in [1.82, 2.24) is 9.80 Å². The monoisotopic (exact) mass is 367 g/mol.